The molecule has 3 aromatic carbocycles. The van der Waals surface area contributed by atoms with Crippen LogP contribution in [0.4, 0.5) is 17.1 Å². The number of carbonyl (C=O) groups excluding carboxylic acids is 1. The van der Waals surface area contributed by atoms with Crippen LogP contribution in [0.25, 0.3) is 0 Å². The first-order valence-corrected chi connectivity index (χ1v) is 11.1. The Hall–Kier alpha value is -4.12. The Morgan fingerprint density at radius 3 is 2.36 bits per heavy atom. The van der Waals surface area contributed by atoms with Gasteiger partial charge in [-0.2, -0.15) is 0 Å². The fourth-order valence-electron chi connectivity index (χ4n) is 3.15. The molecule has 0 aliphatic carbocycles. The van der Waals surface area contributed by atoms with Crippen LogP contribution in [0, 0.1) is 17.0 Å². The predicted octanol–water partition coefficient (Wildman–Crippen LogP) is 3.97. The highest BCUT2D eigenvalue weighted by Gasteiger charge is 2.25. The zero-order valence-corrected chi connectivity index (χ0v) is 18.8. The van der Waals surface area contributed by atoms with Crippen LogP contribution in [0.2, 0.25) is 0 Å². The second-order valence-corrected chi connectivity index (χ2v) is 8.48. The Bertz CT molecular complexity index is 1320. The average Bonchev–Trinajstić information content (AvgIpc) is 2.79. The van der Waals surface area contributed by atoms with Crippen LogP contribution in [0.5, 0.6) is 11.5 Å². The van der Waals surface area contributed by atoms with Crippen LogP contribution in [-0.4, -0.2) is 33.5 Å². The normalized spacial score (nSPS) is 10.9. The lowest BCUT2D eigenvalue weighted by atomic mass is 10.1. The molecule has 3 rings (SSSR count). The Labute approximate surface area is 190 Å². The maximum absolute atomic E-state index is 13.0. The summed E-state index contributed by atoms with van der Waals surface area (Å²) in [5, 5.41) is 13.9. The average molecular weight is 471 g/mol. The SMILES string of the molecule is COc1ccc(NC(=O)c2ccccc2NS(=O)(=O)c2cccc([N+](=O)[O-])c2C)c(OC)c1. The first kappa shape index (κ1) is 23.5. The molecule has 0 saturated carbocycles. The summed E-state index contributed by atoms with van der Waals surface area (Å²) in [7, 11) is -1.29. The molecule has 2 N–H and O–H groups in total. The zero-order valence-electron chi connectivity index (χ0n) is 18.0. The molecule has 0 spiro atoms. The number of hydrogen-bond donors (Lipinski definition) is 2. The summed E-state index contributed by atoms with van der Waals surface area (Å²) in [5.41, 5.74) is 0.0707. The van der Waals surface area contributed by atoms with Crippen molar-refractivity contribution in [2.45, 2.75) is 11.8 Å². The molecule has 0 fully saturated rings. The number of ether oxygens (including phenoxy) is 2. The van der Waals surface area contributed by atoms with Crippen molar-refractivity contribution in [3.63, 3.8) is 0 Å². The van der Waals surface area contributed by atoms with Crippen LogP contribution in [0.1, 0.15) is 15.9 Å². The van der Waals surface area contributed by atoms with Crippen molar-refractivity contribution >= 4 is 33.0 Å². The Morgan fingerprint density at radius 1 is 0.970 bits per heavy atom. The molecule has 3 aromatic rings. The van der Waals surface area contributed by atoms with E-state index < -0.39 is 20.9 Å². The second kappa shape index (κ2) is 9.57. The molecule has 0 aliphatic heterocycles. The van der Waals surface area contributed by atoms with Crippen LogP contribution in [0.15, 0.2) is 65.6 Å². The quantitative estimate of drug-likeness (QED) is 0.374. The number of methoxy groups -OCH3 is 2. The van der Waals surface area contributed by atoms with E-state index in [0.29, 0.717) is 17.2 Å². The van der Waals surface area contributed by atoms with Crippen molar-refractivity contribution < 1.29 is 27.6 Å². The molecular weight excluding hydrogens is 450 g/mol. The number of rotatable bonds is 8. The standard InChI is InChI=1S/C22H21N3O7S/c1-14-19(25(27)28)9-6-10-21(14)33(29,30)24-17-8-5-4-7-16(17)22(26)23-18-12-11-15(31-2)13-20(18)32-3/h4-13,24H,1-3H3,(H,23,26). The van der Waals surface area contributed by atoms with E-state index in [4.69, 9.17) is 9.47 Å². The highest BCUT2D eigenvalue weighted by molar-refractivity contribution is 7.92. The zero-order chi connectivity index (χ0) is 24.2. The number of nitrogens with zero attached hydrogens (tertiary/aromatic N) is 1. The van der Waals surface area contributed by atoms with E-state index in [2.05, 4.69) is 10.0 Å². The summed E-state index contributed by atoms with van der Waals surface area (Å²) in [6, 6.07) is 14.6. The highest BCUT2D eigenvalue weighted by atomic mass is 32.2. The second-order valence-electron chi connectivity index (χ2n) is 6.83. The van der Waals surface area contributed by atoms with Crippen molar-refractivity contribution in [2.24, 2.45) is 0 Å². The lowest BCUT2D eigenvalue weighted by Crippen LogP contribution is -2.19. The van der Waals surface area contributed by atoms with E-state index in [1.54, 1.807) is 30.3 Å². The first-order chi connectivity index (χ1) is 15.7. The largest absolute Gasteiger partial charge is 0.497 e. The van der Waals surface area contributed by atoms with Gasteiger partial charge in [-0.05, 0) is 37.3 Å². The number of amides is 1. The molecule has 10 nitrogen and oxygen atoms in total. The number of benzene rings is 3. The number of hydrogen-bond acceptors (Lipinski definition) is 7. The summed E-state index contributed by atoms with van der Waals surface area (Å²) in [6.45, 7) is 1.35. The third kappa shape index (κ3) is 5.04. The maximum Gasteiger partial charge on any atom is 0.273 e. The van der Waals surface area contributed by atoms with Crippen molar-refractivity contribution in [1.82, 2.24) is 0 Å². The fourth-order valence-corrected chi connectivity index (χ4v) is 4.50. The van der Waals surface area contributed by atoms with Crippen LogP contribution < -0.4 is 19.5 Å². The van der Waals surface area contributed by atoms with Crippen LogP contribution in [-0.2, 0) is 10.0 Å². The molecule has 0 bridgehead atoms. The van der Waals surface area contributed by atoms with E-state index in [-0.39, 0.29) is 27.4 Å². The lowest BCUT2D eigenvalue weighted by molar-refractivity contribution is -0.385. The minimum absolute atomic E-state index is 0.00776. The fraction of sp³-hybridized carbons (Fsp3) is 0.136. The highest BCUT2D eigenvalue weighted by Crippen LogP contribution is 2.31. The maximum atomic E-state index is 13.0. The number of nitro groups is 1. The molecule has 0 heterocycles. The van der Waals surface area contributed by atoms with Gasteiger partial charge in [0.2, 0.25) is 0 Å². The number of nitro benzene ring substituents is 1. The summed E-state index contributed by atoms with van der Waals surface area (Å²) in [5.74, 6) is 0.297. The Kier molecular flexibility index (Phi) is 6.83. The van der Waals surface area contributed by atoms with Gasteiger partial charge < -0.3 is 14.8 Å². The minimum atomic E-state index is -4.23. The molecule has 0 radical (unpaired) electrons. The van der Waals surface area contributed by atoms with Crippen LogP contribution >= 0.6 is 0 Å². The molecule has 0 atom stereocenters. The van der Waals surface area contributed by atoms with Gasteiger partial charge in [0.05, 0.1) is 41.0 Å². The van der Waals surface area contributed by atoms with Gasteiger partial charge in [0.1, 0.15) is 11.5 Å². The smallest absolute Gasteiger partial charge is 0.273 e. The Morgan fingerprint density at radius 2 is 1.70 bits per heavy atom. The number of carbonyl (C=O) groups is 1. The minimum Gasteiger partial charge on any atom is -0.497 e. The summed E-state index contributed by atoms with van der Waals surface area (Å²) >= 11 is 0. The molecule has 33 heavy (non-hydrogen) atoms. The molecule has 11 heteroatoms. The number of anilines is 2. The molecule has 0 unspecified atom stereocenters. The number of sulfonamides is 1. The van der Waals surface area contributed by atoms with E-state index in [1.807, 2.05) is 0 Å². The monoisotopic (exact) mass is 471 g/mol. The molecule has 0 aliphatic rings. The van der Waals surface area contributed by atoms with Gasteiger partial charge in [0.25, 0.3) is 21.6 Å². The first-order valence-electron chi connectivity index (χ1n) is 9.57. The van der Waals surface area contributed by atoms with Crippen molar-refractivity contribution in [1.29, 1.82) is 0 Å². The molecule has 172 valence electrons. The number of nitrogens with one attached hydrogen (secondary N) is 2. The summed E-state index contributed by atoms with van der Waals surface area (Å²) < 4.78 is 38.8. The number of para-hydroxylation sites is 1. The van der Waals surface area contributed by atoms with Gasteiger partial charge in [-0.15, -0.1) is 0 Å². The molecule has 0 saturated heterocycles. The molecule has 0 aromatic heterocycles. The lowest BCUT2D eigenvalue weighted by Gasteiger charge is -2.15. The van der Waals surface area contributed by atoms with Gasteiger partial charge in [0.15, 0.2) is 0 Å². The predicted molar refractivity (Wildman–Crippen MR) is 123 cm³/mol. The van der Waals surface area contributed by atoms with Crippen molar-refractivity contribution in [3.05, 3.63) is 81.9 Å². The Balaban J connectivity index is 1.94. The summed E-state index contributed by atoms with van der Waals surface area (Å²) in [4.78, 5) is 23.2. The summed E-state index contributed by atoms with van der Waals surface area (Å²) in [6.07, 6.45) is 0. The molecular formula is C22H21N3O7S. The van der Waals surface area contributed by atoms with E-state index in [9.17, 15) is 23.3 Å². The van der Waals surface area contributed by atoms with Crippen LogP contribution in [0.3, 0.4) is 0 Å². The molecule has 1 amide bonds. The van der Waals surface area contributed by atoms with Gasteiger partial charge in [0, 0.05) is 17.7 Å². The van der Waals surface area contributed by atoms with E-state index in [0.717, 1.165) is 0 Å². The third-order valence-electron chi connectivity index (χ3n) is 4.81. The third-order valence-corrected chi connectivity index (χ3v) is 6.32. The van der Waals surface area contributed by atoms with Gasteiger partial charge >= 0.3 is 0 Å². The van der Waals surface area contributed by atoms with E-state index in [1.165, 1.54) is 51.5 Å². The van der Waals surface area contributed by atoms with Crippen molar-refractivity contribution in [3.8, 4) is 11.5 Å². The van der Waals surface area contributed by atoms with Gasteiger partial charge in [-0.1, -0.05) is 18.2 Å². The van der Waals surface area contributed by atoms with Crippen molar-refractivity contribution in [2.75, 3.05) is 24.3 Å². The van der Waals surface area contributed by atoms with E-state index >= 15 is 0 Å². The van der Waals surface area contributed by atoms with Gasteiger partial charge in [-0.3, -0.25) is 19.6 Å². The van der Waals surface area contributed by atoms with Gasteiger partial charge in [-0.25, -0.2) is 8.42 Å². The topological polar surface area (TPSA) is 137 Å².